The molecular formula is C13H21NO2S. The summed E-state index contributed by atoms with van der Waals surface area (Å²) in [6.45, 7) is 7.84. The zero-order valence-corrected chi connectivity index (χ0v) is 11.6. The number of esters is 1. The topological polar surface area (TPSA) is 38.3 Å². The van der Waals surface area contributed by atoms with E-state index < -0.39 is 0 Å². The highest BCUT2D eigenvalue weighted by Gasteiger charge is 2.13. The van der Waals surface area contributed by atoms with Gasteiger partial charge in [-0.15, -0.1) is 11.3 Å². The first-order valence-corrected chi connectivity index (χ1v) is 6.99. The van der Waals surface area contributed by atoms with E-state index in [1.807, 2.05) is 13.8 Å². The molecule has 17 heavy (non-hydrogen) atoms. The third-order valence-corrected chi connectivity index (χ3v) is 3.61. The van der Waals surface area contributed by atoms with Gasteiger partial charge >= 0.3 is 5.97 Å². The molecule has 1 unspecified atom stereocenters. The molecule has 0 saturated heterocycles. The van der Waals surface area contributed by atoms with Crippen LogP contribution >= 0.6 is 11.3 Å². The maximum absolute atomic E-state index is 11.4. The Morgan fingerprint density at radius 2 is 2.29 bits per heavy atom. The van der Waals surface area contributed by atoms with Crippen molar-refractivity contribution in [3.05, 3.63) is 21.9 Å². The van der Waals surface area contributed by atoms with Gasteiger partial charge < -0.3 is 10.1 Å². The number of rotatable bonds is 7. The molecular weight excluding hydrogens is 234 g/mol. The van der Waals surface area contributed by atoms with Crippen molar-refractivity contribution in [1.82, 2.24) is 5.32 Å². The molecule has 4 heteroatoms. The van der Waals surface area contributed by atoms with E-state index in [2.05, 4.69) is 23.7 Å². The van der Waals surface area contributed by atoms with Gasteiger partial charge in [-0.05, 0) is 30.4 Å². The predicted octanol–water partition coefficient (Wildman–Crippen LogP) is 2.60. The number of carbonyl (C=O) groups excluding carboxylic acids is 1. The van der Waals surface area contributed by atoms with E-state index >= 15 is 0 Å². The smallest absolute Gasteiger partial charge is 0.309 e. The Morgan fingerprint density at radius 1 is 1.53 bits per heavy atom. The molecule has 1 heterocycles. The van der Waals surface area contributed by atoms with E-state index in [0.29, 0.717) is 13.2 Å². The lowest BCUT2D eigenvalue weighted by atomic mass is 10.1. The Morgan fingerprint density at radius 3 is 2.94 bits per heavy atom. The van der Waals surface area contributed by atoms with Gasteiger partial charge in [0.1, 0.15) is 0 Å². The molecule has 0 aliphatic rings. The summed E-state index contributed by atoms with van der Waals surface area (Å²) in [4.78, 5) is 12.8. The Labute approximate surface area is 107 Å². The van der Waals surface area contributed by atoms with Crippen LogP contribution in [0.25, 0.3) is 0 Å². The molecule has 0 fully saturated rings. The lowest BCUT2D eigenvalue weighted by Gasteiger charge is -2.11. The first-order valence-electron chi connectivity index (χ1n) is 6.11. The van der Waals surface area contributed by atoms with Gasteiger partial charge in [-0.1, -0.05) is 13.8 Å². The summed E-state index contributed by atoms with van der Waals surface area (Å²) in [5.41, 5.74) is 1.39. The van der Waals surface area contributed by atoms with Gasteiger partial charge in [0.15, 0.2) is 0 Å². The van der Waals surface area contributed by atoms with Crippen LogP contribution in [0.1, 0.15) is 31.2 Å². The Bertz CT molecular complexity index is 349. The van der Waals surface area contributed by atoms with Crippen LogP contribution in [0.2, 0.25) is 0 Å². The van der Waals surface area contributed by atoms with E-state index in [9.17, 15) is 4.79 Å². The van der Waals surface area contributed by atoms with Crippen LogP contribution in [-0.2, 0) is 22.5 Å². The van der Waals surface area contributed by atoms with E-state index in [-0.39, 0.29) is 11.9 Å². The number of thiophene rings is 1. The molecule has 3 nitrogen and oxygen atoms in total. The zero-order valence-electron chi connectivity index (χ0n) is 10.8. The normalized spacial score (nSPS) is 12.4. The van der Waals surface area contributed by atoms with Crippen molar-refractivity contribution in [2.24, 2.45) is 5.92 Å². The largest absolute Gasteiger partial charge is 0.466 e. The number of nitrogens with one attached hydrogen (secondary N) is 1. The summed E-state index contributed by atoms with van der Waals surface area (Å²) in [5, 5.41) is 5.43. The first kappa shape index (κ1) is 14.2. The SMILES string of the molecule is CCOC(=O)C(C)CNCc1sccc1CC. The molecule has 1 atom stereocenters. The lowest BCUT2D eigenvalue weighted by molar-refractivity contribution is -0.147. The second kappa shape index (κ2) is 7.45. The zero-order chi connectivity index (χ0) is 12.7. The quantitative estimate of drug-likeness (QED) is 0.761. The highest BCUT2D eigenvalue weighted by atomic mass is 32.1. The molecule has 1 aromatic rings. The molecule has 1 aromatic heterocycles. The monoisotopic (exact) mass is 255 g/mol. The van der Waals surface area contributed by atoms with E-state index in [4.69, 9.17) is 4.74 Å². The summed E-state index contributed by atoms with van der Waals surface area (Å²) in [6.07, 6.45) is 1.06. The summed E-state index contributed by atoms with van der Waals surface area (Å²) in [6, 6.07) is 2.16. The fraction of sp³-hybridized carbons (Fsp3) is 0.615. The van der Waals surface area contributed by atoms with Crippen molar-refractivity contribution in [2.45, 2.75) is 33.7 Å². The molecule has 0 radical (unpaired) electrons. The first-order chi connectivity index (χ1) is 8.19. The minimum Gasteiger partial charge on any atom is -0.466 e. The standard InChI is InChI=1S/C13H21NO2S/c1-4-11-6-7-17-12(11)9-14-8-10(3)13(15)16-5-2/h6-7,10,14H,4-5,8-9H2,1-3H3. The van der Waals surface area contributed by atoms with Crippen molar-refractivity contribution in [3.8, 4) is 0 Å². The summed E-state index contributed by atoms with van der Waals surface area (Å²) in [5.74, 6) is -0.207. The van der Waals surface area contributed by atoms with Crippen molar-refractivity contribution in [1.29, 1.82) is 0 Å². The maximum Gasteiger partial charge on any atom is 0.309 e. The van der Waals surface area contributed by atoms with Gasteiger partial charge in [-0.3, -0.25) is 4.79 Å². The molecule has 1 rings (SSSR count). The molecule has 0 spiro atoms. The van der Waals surface area contributed by atoms with Crippen LogP contribution in [-0.4, -0.2) is 19.1 Å². The highest BCUT2D eigenvalue weighted by Crippen LogP contribution is 2.16. The third-order valence-electron chi connectivity index (χ3n) is 2.64. The average molecular weight is 255 g/mol. The number of hydrogen-bond donors (Lipinski definition) is 1. The summed E-state index contributed by atoms with van der Waals surface area (Å²) >= 11 is 1.77. The van der Waals surface area contributed by atoms with Gasteiger partial charge in [-0.2, -0.15) is 0 Å². The molecule has 0 aliphatic carbocycles. The van der Waals surface area contributed by atoms with Crippen molar-refractivity contribution in [3.63, 3.8) is 0 Å². The maximum atomic E-state index is 11.4. The van der Waals surface area contributed by atoms with Gasteiger partial charge in [0.2, 0.25) is 0 Å². The van der Waals surface area contributed by atoms with Crippen LogP contribution in [0.5, 0.6) is 0 Å². The van der Waals surface area contributed by atoms with Gasteiger partial charge in [-0.25, -0.2) is 0 Å². The summed E-state index contributed by atoms with van der Waals surface area (Å²) in [7, 11) is 0. The van der Waals surface area contributed by atoms with Gasteiger partial charge in [0, 0.05) is 18.0 Å². The molecule has 1 N–H and O–H groups in total. The minimum absolute atomic E-state index is 0.0833. The van der Waals surface area contributed by atoms with Crippen LogP contribution in [0.4, 0.5) is 0 Å². The Kier molecular flexibility index (Phi) is 6.22. The molecule has 0 bridgehead atoms. The van der Waals surface area contributed by atoms with Crippen LogP contribution < -0.4 is 5.32 Å². The van der Waals surface area contributed by atoms with E-state index in [0.717, 1.165) is 13.0 Å². The van der Waals surface area contributed by atoms with Crippen molar-refractivity contribution >= 4 is 17.3 Å². The van der Waals surface area contributed by atoms with Gasteiger partial charge in [0.25, 0.3) is 0 Å². The second-order valence-electron chi connectivity index (χ2n) is 4.01. The molecule has 0 aromatic carbocycles. The van der Waals surface area contributed by atoms with Crippen molar-refractivity contribution in [2.75, 3.05) is 13.2 Å². The van der Waals surface area contributed by atoms with Gasteiger partial charge in [0.05, 0.1) is 12.5 Å². The fourth-order valence-corrected chi connectivity index (χ4v) is 2.55. The molecule has 0 aliphatic heterocycles. The minimum atomic E-state index is -0.123. The molecule has 96 valence electrons. The number of aryl methyl sites for hydroxylation is 1. The highest BCUT2D eigenvalue weighted by molar-refractivity contribution is 7.10. The molecule has 0 saturated carbocycles. The summed E-state index contributed by atoms with van der Waals surface area (Å²) < 4.78 is 4.96. The lowest BCUT2D eigenvalue weighted by Crippen LogP contribution is -2.27. The second-order valence-corrected chi connectivity index (χ2v) is 5.01. The Hall–Kier alpha value is -0.870. The molecule has 0 amide bonds. The van der Waals surface area contributed by atoms with E-state index in [1.165, 1.54) is 10.4 Å². The van der Waals surface area contributed by atoms with Crippen LogP contribution in [0.15, 0.2) is 11.4 Å². The van der Waals surface area contributed by atoms with E-state index in [1.54, 1.807) is 11.3 Å². The number of carbonyl (C=O) groups is 1. The predicted molar refractivity (Wildman–Crippen MR) is 71.2 cm³/mol. The number of hydrogen-bond acceptors (Lipinski definition) is 4. The average Bonchev–Trinajstić information content (AvgIpc) is 2.76. The van der Waals surface area contributed by atoms with Crippen LogP contribution in [0, 0.1) is 5.92 Å². The van der Waals surface area contributed by atoms with Crippen molar-refractivity contribution < 1.29 is 9.53 Å². The van der Waals surface area contributed by atoms with Crippen LogP contribution in [0.3, 0.4) is 0 Å². The third kappa shape index (κ3) is 4.48. The Balaban J connectivity index is 2.30. The fourth-order valence-electron chi connectivity index (χ4n) is 1.61. The number of ether oxygens (including phenoxy) is 1.